The van der Waals surface area contributed by atoms with Crippen molar-refractivity contribution in [2.75, 3.05) is 6.61 Å². The minimum absolute atomic E-state index is 0.274. The second kappa shape index (κ2) is 10.3. The Kier molecular flexibility index (Phi) is 7.51. The number of hydrogen-bond acceptors (Lipinski definition) is 3. The Morgan fingerprint density at radius 1 is 0.968 bits per heavy atom. The SMILES string of the molecule is CC(C)=CCC/C(C)=C/COc1ccc2c(C)c(Cc3ccccc3)c(=O)oc2c1C. The van der Waals surface area contributed by atoms with E-state index < -0.39 is 0 Å². The van der Waals surface area contributed by atoms with Gasteiger partial charge < -0.3 is 9.15 Å². The first-order valence-corrected chi connectivity index (χ1v) is 10.9. The molecule has 1 heterocycles. The molecular formula is C28H32O3. The quantitative estimate of drug-likeness (QED) is 0.291. The van der Waals surface area contributed by atoms with Crippen molar-refractivity contribution in [1.29, 1.82) is 0 Å². The molecule has 0 aliphatic heterocycles. The lowest BCUT2D eigenvalue weighted by atomic mass is 9.98. The van der Waals surface area contributed by atoms with Gasteiger partial charge in [-0.25, -0.2) is 4.79 Å². The van der Waals surface area contributed by atoms with Crippen molar-refractivity contribution in [3.63, 3.8) is 0 Å². The Bertz CT molecular complexity index is 1160. The topological polar surface area (TPSA) is 39.4 Å². The Labute approximate surface area is 185 Å². The average Bonchev–Trinajstić information content (AvgIpc) is 2.74. The molecule has 2 aromatic carbocycles. The molecule has 0 saturated heterocycles. The highest BCUT2D eigenvalue weighted by Crippen LogP contribution is 2.30. The van der Waals surface area contributed by atoms with Crippen molar-refractivity contribution < 1.29 is 9.15 Å². The van der Waals surface area contributed by atoms with E-state index in [4.69, 9.17) is 9.15 Å². The number of rotatable bonds is 8. The maximum Gasteiger partial charge on any atom is 0.340 e. The summed E-state index contributed by atoms with van der Waals surface area (Å²) in [6, 6.07) is 14.0. The molecule has 0 atom stereocenters. The van der Waals surface area contributed by atoms with Crippen molar-refractivity contribution in [2.45, 2.75) is 53.9 Å². The molecule has 0 radical (unpaired) electrons. The fourth-order valence-electron chi connectivity index (χ4n) is 3.70. The first-order chi connectivity index (χ1) is 14.9. The van der Waals surface area contributed by atoms with Gasteiger partial charge in [0, 0.05) is 22.9 Å². The molecule has 0 saturated carbocycles. The van der Waals surface area contributed by atoms with Crippen LogP contribution in [0.25, 0.3) is 11.0 Å². The van der Waals surface area contributed by atoms with Crippen LogP contribution in [0.2, 0.25) is 0 Å². The normalized spacial score (nSPS) is 11.6. The molecule has 3 nitrogen and oxygen atoms in total. The minimum atomic E-state index is -0.274. The van der Waals surface area contributed by atoms with Gasteiger partial charge in [0.05, 0.1) is 0 Å². The van der Waals surface area contributed by atoms with E-state index in [0.717, 1.165) is 40.7 Å². The van der Waals surface area contributed by atoms with Gasteiger partial charge >= 0.3 is 5.63 Å². The predicted octanol–water partition coefficient (Wildman–Crippen LogP) is 7.07. The van der Waals surface area contributed by atoms with Crippen LogP contribution in [0.4, 0.5) is 0 Å². The average molecular weight is 417 g/mol. The van der Waals surface area contributed by atoms with Crippen molar-refractivity contribution in [3.05, 3.63) is 98.4 Å². The summed E-state index contributed by atoms with van der Waals surface area (Å²) in [5.74, 6) is 0.749. The maximum atomic E-state index is 12.8. The number of fused-ring (bicyclic) bond motifs is 1. The van der Waals surface area contributed by atoms with Gasteiger partial charge in [0.25, 0.3) is 0 Å². The molecule has 0 fully saturated rings. The van der Waals surface area contributed by atoms with Gasteiger partial charge in [-0.1, -0.05) is 47.6 Å². The van der Waals surface area contributed by atoms with E-state index in [1.165, 1.54) is 11.1 Å². The minimum Gasteiger partial charge on any atom is -0.489 e. The van der Waals surface area contributed by atoms with E-state index in [9.17, 15) is 4.79 Å². The molecule has 0 aliphatic rings. The summed E-state index contributed by atoms with van der Waals surface area (Å²) < 4.78 is 11.8. The van der Waals surface area contributed by atoms with E-state index in [-0.39, 0.29) is 5.63 Å². The Morgan fingerprint density at radius 2 is 1.71 bits per heavy atom. The zero-order valence-electron chi connectivity index (χ0n) is 19.2. The van der Waals surface area contributed by atoms with Crippen molar-refractivity contribution in [1.82, 2.24) is 0 Å². The number of allylic oxidation sites excluding steroid dienone is 3. The van der Waals surface area contributed by atoms with Crippen LogP contribution < -0.4 is 10.4 Å². The zero-order valence-corrected chi connectivity index (χ0v) is 19.2. The smallest absolute Gasteiger partial charge is 0.340 e. The van der Waals surface area contributed by atoms with Crippen LogP contribution >= 0.6 is 0 Å². The van der Waals surface area contributed by atoms with Gasteiger partial charge in [-0.3, -0.25) is 0 Å². The Morgan fingerprint density at radius 3 is 2.42 bits per heavy atom. The molecule has 3 heteroatoms. The molecule has 0 spiro atoms. The lowest BCUT2D eigenvalue weighted by Crippen LogP contribution is -2.11. The molecule has 0 N–H and O–H groups in total. The summed E-state index contributed by atoms with van der Waals surface area (Å²) in [6.45, 7) is 10.8. The monoisotopic (exact) mass is 416 g/mol. The summed E-state index contributed by atoms with van der Waals surface area (Å²) in [7, 11) is 0. The molecular weight excluding hydrogens is 384 g/mol. The predicted molar refractivity (Wildman–Crippen MR) is 129 cm³/mol. The lowest BCUT2D eigenvalue weighted by Gasteiger charge is -2.13. The number of ether oxygens (including phenoxy) is 1. The first-order valence-electron chi connectivity index (χ1n) is 10.9. The highest BCUT2D eigenvalue weighted by molar-refractivity contribution is 5.85. The van der Waals surface area contributed by atoms with Crippen LogP contribution in [-0.2, 0) is 6.42 Å². The van der Waals surface area contributed by atoms with Gasteiger partial charge in [0.15, 0.2) is 0 Å². The largest absolute Gasteiger partial charge is 0.489 e. The third-order valence-electron chi connectivity index (χ3n) is 5.64. The molecule has 0 bridgehead atoms. The third kappa shape index (κ3) is 5.75. The fraction of sp³-hybridized carbons (Fsp3) is 0.321. The van der Waals surface area contributed by atoms with Crippen LogP contribution in [0.5, 0.6) is 5.75 Å². The Hall–Kier alpha value is -3.07. The summed E-state index contributed by atoms with van der Waals surface area (Å²) in [4.78, 5) is 12.8. The second-order valence-electron chi connectivity index (χ2n) is 8.40. The van der Waals surface area contributed by atoms with E-state index in [0.29, 0.717) is 24.2 Å². The summed E-state index contributed by atoms with van der Waals surface area (Å²) >= 11 is 0. The van der Waals surface area contributed by atoms with Gasteiger partial charge in [0.2, 0.25) is 0 Å². The van der Waals surface area contributed by atoms with Crippen LogP contribution in [0, 0.1) is 13.8 Å². The molecule has 3 aromatic rings. The summed E-state index contributed by atoms with van der Waals surface area (Å²) in [5, 5.41) is 0.962. The van der Waals surface area contributed by atoms with Gasteiger partial charge in [-0.15, -0.1) is 0 Å². The third-order valence-corrected chi connectivity index (χ3v) is 5.64. The van der Waals surface area contributed by atoms with Gasteiger partial charge in [-0.05, 0) is 76.8 Å². The second-order valence-corrected chi connectivity index (χ2v) is 8.40. The maximum absolute atomic E-state index is 12.8. The van der Waals surface area contributed by atoms with Crippen molar-refractivity contribution in [2.24, 2.45) is 0 Å². The van der Waals surface area contributed by atoms with Crippen LogP contribution in [-0.4, -0.2) is 6.61 Å². The van der Waals surface area contributed by atoms with Gasteiger partial charge in [0.1, 0.15) is 17.9 Å². The zero-order chi connectivity index (χ0) is 22.4. The molecule has 162 valence electrons. The summed E-state index contributed by atoms with van der Waals surface area (Å²) in [6.07, 6.45) is 7.02. The fourth-order valence-corrected chi connectivity index (χ4v) is 3.70. The van der Waals surface area contributed by atoms with Crippen molar-refractivity contribution in [3.8, 4) is 5.75 Å². The van der Waals surface area contributed by atoms with E-state index in [2.05, 4.69) is 32.9 Å². The molecule has 0 amide bonds. The highest BCUT2D eigenvalue weighted by Gasteiger charge is 2.15. The lowest BCUT2D eigenvalue weighted by molar-refractivity contribution is 0.358. The van der Waals surface area contributed by atoms with E-state index in [1.807, 2.05) is 56.3 Å². The van der Waals surface area contributed by atoms with Crippen LogP contribution in [0.1, 0.15) is 55.9 Å². The summed E-state index contributed by atoms with van der Waals surface area (Å²) in [5.41, 5.74) is 6.63. The Balaban J connectivity index is 1.80. The van der Waals surface area contributed by atoms with E-state index in [1.54, 1.807) is 0 Å². The molecule has 31 heavy (non-hydrogen) atoms. The standard InChI is InChI=1S/C28H32O3/c1-19(2)10-9-11-20(3)16-17-30-26-15-14-24-21(4)25(18-23-12-7-6-8-13-23)28(29)31-27(24)22(26)5/h6-8,10,12-16H,9,11,17-18H2,1-5H3/b20-16+. The molecule has 1 aromatic heterocycles. The van der Waals surface area contributed by atoms with Crippen LogP contribution in [0.3, 0.4) is 0 Å². The number of hydrogen-bond donors (Lipinski definition) is 0. The van der Waals surface area contributed by atoms with E-state index >= 15 is 0 Å². The van der Waals surface area contributed by atoms with Gasteiger partial charge in [-0.2, -0.15) is 0 Å². The molecule has 3 rings (SSSR count). The van der Waals surface area contributed by atoms with Crippen LogP contribution in [0.15, 0.2) is 75.0 Å². The number of benzene rings is 2. The molecule has 0 aliphatic carbocycles. The highest BCUT2D eigenvalue weighted by atomic mass is 16.5. The first kappa shape index (κ1) is 22.6. The molecule has 0 unspecified atom stereocenters. The van der Waals surface area contributed by atoms with Crippen molar-refractivity contribution >= 4 is 11.0 Å². The number of aryl methyl sites for hydroxylation is 2.